The van der Waals surface area contributed by atoms with Crippen LogP contribution < -0.4 is 10.6 Å². The zero-order chi connectivity index (χ0) is 22.2. The van der Waals surface area contributed by atoms with Gasteiger partial charge in [0.25, 0.3) is 5.91 Å². The Kier molecular flexibility index (Phi) is 6.42. The lowest BCUT2D eigenvalue weighted by atomic mass is 9.95. The number of fused-ring (bicyclic) bond motifs is 1. The highest BCUT2D eigenvalue weighted by molar-refractivity contribution is 7.17. The summed E-state index contributed by atoms with van der Waals surface area (Å²) in [6, 6.07) is 3.76. The summed E-state index contributed by atoms with van der Waals surface area (Å²) >= 11 is 13.2. The number of pyridine rings is 1. The van der Waals surface area contributed by atoms with Crippen LogP contribution in [0.25, 0.3) is 0 Å². The van der Waals surface area contributed by atoms with Crippen LogP contribution in [0.2, 0.25) is 0 Å². The van der Waals surface area contributed by atoms with Gasteiger partial charge in [0.2, 0.25) is 5.91 Å². The van der Waals surface area contributed by atoms with Gasteiger partial charge >= 0.3 is 0 Å². The molecular weight excluding hydrogens is 453 g/mol. The largest absolute Gasteiger partial charge is 0.348 e. The van der Waals surface area contributed by atoms with Crippen molar-refractivity contribution < 1.29 is 9.59 Å². The van der Waals surface area contributed by atoms with Crippen LogP contribution in [0.1, 0.15) is 53.1 Å². The van der Waals surface area contributed by atoms with Crippen molar-refractivity contribution in [1.82, 2.24) is 10.3 Å². The highest BCUT2D eigenvalue weighted by Gasteiger charge is 2.60. The summed E-state index contributed by atoms with van der Waals surface area (Å²) in [5, 5.41) is 6.69. The molecule has 2 unspecified atom stereocenters. The predicted octanol–water partition coefficient (Wildman–Crippen LogP) is 5.48. The van der Waals surface area contributed by atoms with E-state index in [1.807, 2.05) is 26.0 Å². The van der Waals surface area contributed by atoms with E-state index in [2.05, 4.69) is 15.6 Å². The number of aryl methyl sites for hydroxylation is 1. The fourth-order valence-corrected chi connectivity index (χ4v) is 6.04. The van der Waals surface area contributed by atoms with Gasteiger partial charge in [-0.2, -0.15) is 0 Å². The maximum atomic E-state index is 13.2. The number of thiophene rings is 1. The van der Waals surface area contributed by atoms with Crippen molar-refractivity contribution in [3.05, 3.63) is 56.7 Å². The first kappa shape index (κ1) is 22.3. The minimum atomic E-state index is -0.231. The van der Waals surface area contributed by atoms with Gasteiger partial charge in [0.05, 0.1) is 11.5 Å². The molecule has 31 heavy (non-hydrogen) atoms. The summed E-state index contributed by atoms with van der Waals surface area (Å²) in [4.78, 5) is 31.5. The lowest BCUT2D eigenvalue weighted by Crippen LogP contribution is -2.26. The van der Waals surface area contributed by atoms with Crippen molar-refractivity contribution in [2.75, 3.05) is 5.32 Å². The molecule has 2 aromatic rings. The second-order valence-corrected chi connectivity index (χ2v) is 10.8. The van der Waals surface area contributed by atoms with E-state index in [4.69, 9.17) is 23.2 Å². The molecule has 0 radical (unpaired) electrons. The van der Waals surface area contributed by atoms with Crippen LogP contribution in [-0.4, -0.2) is 16.8 Å². The molecule has 2 aliphatic carbocycles. The first-order valence-corrected chi connectivity index (χ1v) is 12.0. The standard InChI is InChI=1S/C23H25Cl2N3O2S/c1-23(2)15(10-17(24)25)19(23)21(30)28-22-18(14-7-3-4-8-16(14)31-22)20(29)27-12-13-6-5-9-26-11-13/h5-6,9-11,15,19H,3-4,7-8,12H2,1-2H3,(H,27,29)(H,28,30). The second kappa shape index (κ2) is 8.93. The fraction of sp³-hybridized carbons (Fsp3) is 0.435. The summed E-state index contributed by atoms with van der Waals surface area (Å²) < 4.78 is 0.176. The zero-order valence-electron chi connectivity index (χ0n) is 17.5. The van der Waals surface area contributed by atoms with E-state index in [9.17, 15) is 9.59 Å². The normalized spacial score (nSPS) is 21.0. The molecule has 0 spiro atoms. The summed E-state index contributed by atoms with van der Waals surface area (Å²) in [7, 11) is 0. The average Bonchev–Trinajstić information content (AvgIpc) is 3.08. The van der Waals surface area contributed by atoms with Gasteiger partial charge in [0.15, 0.2) is 0 Å². The number of allylic oxidation sites excluding steroid dienone is 1. The number of hydrogen-bond acceptors (Lipinski definition) is 4. The van der Waals surface area contributed by atoms with E-state index in [1.165, 1.54) is 16.2 Å². The molecule has 2 aliphatic rings. The first-order valence-electron chi connectivity index (χ1n) is 10.4. The molecule has 1 saturated carbocycles. The quantitative estimate of drug-likeness (QED) is 0.578. The molecule has 5 nitrogen and oxygen atoms in total. The van der Waals surface area contributed by atoms with Gasteiger partial charge in [0.1, 0.15) is 9.49 Å². The fourth-order valence-electron chi connectivity index (χ4n) is 4.48. The molecule has 1 fully saturated rings. The number of anilines is 1. The molecule has 8 heteroatoms. The van der Waals surface area contributed by atoms with E-state index >= 15 is 0 Å². The van der Waals surface area contributed by atoms with Crippen LogP contribution in [0.5, 0.6) is 0 Å². The summed E-state index contributed by atoms with van der Waals surface area (Å²) in [6.45, 7) is 4.44. The number of rotatable bonds is 6. The molecule has 0 saturated heterocycles. The lowest BCUT2D eigenvalue weighted by Gasteiger charge is -2.13. The van der Waals surface area contributed by atoms with Crippen molar-refractivity contribution in [2.45, 2.75) is 46.1 Å². The van der Waals surface area contributed by atoms with Crippen LogP contribution in [0.15, 0.2) is 35.1 Å². The number of halogens is 2. The van der Waals surface area contributed by atoms with E-state index in [0.29, 0.717) is 17.1 Å². The van der Waals surface area contributed by atoms with Gasteiger partial charge in [-0.15, -0.1) is 11.3 Å². The van der Waals surface area contributed by atoms with E-state index < -0.39 is 0 Å². The van der Waals surface area contributed by atoms with E-state index in [0.717, 1.165) is 36.8 Å². The maximum absolute atomic E-state index is 13.2. The van der Waals surface area contributed by atoms with Crippen LogP contribution in [0, 0.1) is 17.3 Å². The van der Waals surface area contributed by atoms with Crippen molar-refractivity contribution in [3.63, 3.8) is 0 Å². The molecule has 0 aliphatic heterocycles. The smallest absolute Gasteiger partial charge is 0.254 e. The Hall–Kier alpha value is -1.89. The Bertz CT molecular complexity index is 1030. The van der Waals surface area contributed by atoms with Gasteiger partial charge in [-0.25, -0.2) is 0 Å². The van der Waals surface area contributed by atoms with Crippen LogP contribution >= 0.6 is 34.5 Å². The maximum Gasteiger partial charge on any atom is 0.254 e. The summed E-state index contributed by atoms with van der Waals surface area (Å²) in [6.07, 6.45) is 9.13. The molecule has 0 bridgehead atoms. The van der Waals surface area contributed by atoms with Gasteiger partial charge in [-0.1, -0.05) is 43.1 Å². The topological polar surface area (TPSA) is 71.1 Å². The third-order valence-electron chi connectivity index (χ3n) is 6.31. The average molecular weight is 478 g/mol. The molecule has 2 amide bonds. The Morgan fingerprint density at radius 3 is 2.77 bits per heavy atom. The highest BCUT2D eigenvalue weighted by Crippen LogP contribution is 2.60. The minimum Gasteiger partial charge on any atom is -0.348 e. The van der Waals surface area contributed by atoms with E-state index in [1.54, 1.807) is 18.5 Å². The van der Waals surface area contributed by atoms with Gasteiger partial charge in [0, 0.05) is 23.8 Å². The molecule has 164 valence electrons. The molecule has 2 atom stereocenters. The number of amides is 2. The zero-order valence-corrected chi connectivity index (χ0v) is 19.8. The minimum absolute atomic E-state index is 0.0186. The molecule has 2 N–H and O–H groups in total. The molecular formula is C23H25Cl2N3O2S. The number of aromatic nitrogens is 1. The molecule has 2 aromatic heterocycles. The SMILES string of the molecule is CC1(C)C(C=C(Cl)Cl)C1C(=O)Nc1sc2c(c1C(=O)NCc1cccnc1)CCCC2. The number of carbonyl (C=O) groups is 2. The van der Waals surface area contributed by atoms with Crippen molar-refractivity contribution in [3.8, 4) is 0 Å². The van der Waals surface area contributed by atoms with Gasteiger partial charge < -0.3 is 10.6 Å². The summed E-state index contributed by atoms with van der Waals surface area (Å²) in [5.41, 5.74) is 2.39. The van der Waals surface area contributed by atoms with Crippen molar-refractivity contribution >= 4 is 51.4 Å². The Morgan fingerprint density at radius 1 is 1.29 bits per heavy atom. The Labute approximate surface area is 196 Å². The van der Waals surface area contributed by atoms with Gasteiger partial charge in [-0.3, -0.25) is 14.6 Å². The van der Waals surface area contributed by atoms with Crippen LogP contribution in [-0.2, 0) is 24.2 Å². The number of nitrogens with zero attached hydrogens (tertiary/aromatic N) is 1. The number of carbonyl (C=O) groups excluding carboxylic acids is 2. The predicted molar refractivity (Wildman–Crippen MR) is 126 cm³/mol. The summed E-state index contributed by atoms with van der Waals surface area (Å²) in [5.74, 6) is -0.505. The van der Waals surface area contributed by atoms with Crippen molar-refractivity contribution in [2.24, 2.45) is 17.3 Å². The third-order valence-corrected chi connectivity index (χ3v) is 7.77. The lowest BCUT2D eigenvalue weighted by molar-refractivity contribution is -0.118. The van der Waals surface area contributed by atoms with Crippen LogP contribution in [0.3, 0.4) is 0 Å². The number of hydrogen-bond donors (Lipinski definition) is 2. The van der Waals surface area contributed by atoms with Gasteiger partial charge in [-0.05, 0) is 60.3 Å². The first-order chi connectivity index (χ1) is 14.8. The third kappa shape index (κ3) is 4.66. The van der Waals surface area contributed by atoms with Crippen molar-refractivity contribution in [1.29, 1.82) is 0 Å². The second-order valence-electron chi connectivity index (χ2n) is 8.73. The Balaban J connectivity index is 1.55. The number of nitrogens with one attached hydrogen (secondary N) is 2. The van der Waals surface area contributed by atoms with E-state index in [-0.39, 0.29) is 33.6 Å². The highest BCUT2D eigenvalue weighted by atomic mass is 35.5. The Morgan fingerprint density at radius 2 is 2.06 bits per heavy atom. The molecule has 0 aromatic carbocycles. The molecule has 2 heterocycles. The monoisotopic (exact) mass is 477 g/mol. The molecule has 4 rings (SSSR count). The van der Waals surface area contributed by atoms with Crippen LogP contribution in [0.4, 0.5) is 5.00 Å².